The SMILES string of the molecule is NCCC1CCCCN1CC(=O)Nc1ccc(Cl)cc1. The number of nitrogens with zero attached hydrogens (tertiary/aromatic N) is 1. The number of amides is 1. The molecule has 0 aliphatic carbocycles. The molecule has 20 heavy (non-hydrogen) atoms. The largest absolute Gasteiger partial charge is 0.330 e. The Labute approximate surface area is 125 Å². The second-order valence-corrected chi connectivity index (χ2v) is 5.69. The van der Waals surface area contributed by atoms with E-state index in [0.717, 1.165) is 31.5 Å². The van der Waals surface area contributed by atoms with E-state index in [2.05, 4.69) is 10.2 Å². The van der Waals surface area contributed by atoms with E-state index in [-0.39, 0.29) is 5.91 Å². The van der Waals surface area contributed by atoms with E-state index in [1.807, 2.05) is 12.1 Å². The zero-order chi connectivity index (χ0) is 14.4. The van der Waals surface area contributed by atoms with E-state index in [0.29, 0.717) is 24.2 Å². The predicted octanol–water partition coefficient (Wildman–Crippen LogP) is 2.48. The fourth-order valence-corrected chi connectivity index (χ4v) is 2.83. The quantitative estimate of drug-likeness (QED) is 0.877. The summed E-state index contributed by atoms with van der Waals surface area (Å²) in [5, 5.41) is 3.58. The van der Waals surface area contributed by atoms with Gasteiger partial charge in [-0.25, -0.2) is 0 Å². The van der Waals surface area contributed by atoms with Crippen molar-refractivity contribution in [1.29, 1.82) is 0 Å². The van der Waals surface area contributed by atoms with Crippen molar-refractivity contribution < 1.29 is 4.79 Å². The summed E-state index contributed by atoms with van der Waals surface area (Å²) in [4.78, 5) is 14.4. The number of carbonyl (C=O) groups excluding carboxylic acids is 1. The van der Waals surface area contributed by atoms with Crippen LogP contribution in [0.3, 0.4) is 0 Å². The van der Waals surface area contributed by atoms with Crippen LogP contribution in [0.1, 0.15) is 25.7 Å². The highest BCUT2D eigenvalue weighted by molar-refractivity contribution is 6.30. The fourth-order valence-electron chi connectivity index (χ4n) is 2.71. The van der Waals surface area contributed by atoms with Gasteiger partial charge in [-0.3, -0.25) is 9.69 Å². The number of likely N-dealkylation sites (tertiary alicyclic amines) is 1. The minimum atomic E-state index is 0.0243. The first-order valence-electron chi connectivity index (χ1n) is 7.18. The Morgan fingerprint density at radius 2 is 2.10 bits per heavy atom. The summed E-state index contributed by atoms with van der Waals surface area (Å²) in [5.74, 6) is 0.0243. The molecule has 1 heterocycles. The van der Waals surface area contributed by atoms with Crippen LogP contribution >= 0.6 is 11.6 Å². The lowest BCUT2D eigenvalue weighted by molar-refractivity contribution is -0.118. The predicted molar refractivity (Wildman–Crippen MR) is 83.0 cm³/mol. The third kappa shape index (κ3) is 4.47. The van der Waals surface area contributed by atoms with Gasteiger partial charge in [0.15, 0.2) is 0 Å². The molecule has 110 valence electrons. The number of nitrogens with two attached hydrogens (primary N) is 1. The lowest BCUT2D eigenvalue weighted by Gasteiger charge is -2.35. The Kier molecular flexibility index (Phi) is 5.83. The third-order valence-corrected chi connectivity index (χ3v) is 3.98. The van der Waals surface area contributed by atoms with Crippen LogP contribution in [0, 0.1) is 0 Å². The van der Waals surface area contributed by atoms with Crippen LogP contribution in [0.5, 0.6) is 0 Å². The molecule has 1 aliphatic rings. The lowest BCUT2D eigenvalue weighted by Crippen LogP contribution is -2.44. The number of benzene rings is 1. The molecule has 4 nitrogen and oxygen atoms in total. The topological polar surface area (TPSA) is 58.4 Å². The normalized spacial score (nSPS) is 19.8. The number of rotatable bonds is 5. The van der Waals surface area contributed by atoms with Gasteiger partial charge in [-0.15, -0.1) is 0 Å². The van der Waals surface area contributed by atoms with Crippen LogP contribution in [0.25, 0.3) is 0 Å². The van der Waals surface area contributed by atoms with Crippen molar-refractivity contribution >= 4 is 23.2 Å². The number of hydrogen-bond acceptors (Lipinski definition) is 3. The molecule has 1 aromatic rings. The van der Waals surface area contributed by atoms with Crippen LogP contribution < -0.4 is 11.1 Å². The smallest absolute Gasteiger partial charge is 0.238 e. The number of hydrogen-bond donors (Lipinski definition) is 2. The number of piperidine rings is 1. The van der Waals surface area contributed by atoms with Crippen molar-refractivity contribution in [3.63, 3.8) is 0 Å². The van der Waals surface area contributed by atoms with Crippen molar-refractivity contribution in [2.45, 2.75) is 31.7 Å². The number of nitrogens with one attached hydrogen (secondary N) is 1. The summed E-state index contributed by atoms with van der Waals surface area (Å²) in [6.45, 7) is 2.10. The molecule has 2 rings (SSSR count). The van der Waals surface area contributed by atoms with E-state index in [1.54, 1.807) is 12.1 Å². The molecule has 1 saturated heterocycles. The Bertz CT molecular complexity index is 433. The van der Waals surface area contributed by atoms with Gasteiger partial charge in [0.05, 0.1) is 6.54 Å². The Hall–Kier alpha value is -1.10. The summed E-state index contributed by atoms with van der Waals surface area (Å²) in [6, 6.07) is 7.62. The Morgan fingerprint density at radius 1 is 1.35 bits per heavy atom. The number of halogens is 1. The molecule has 3 N–H and O–H groups in total. The summed E-state index contributed by atoms with van der Waals surface area (Å²) < 4.78 is 0. The van der Waals surface area contributed by atoms with Crippen LogP contribution in [0.4, 0.5) is 5.69 Å². The summed E-state index contributed by atoms with van der Waals surface area (Å²) in [7, 11) is 0. The van der Waals surface area contributed by atoms with Crippen molar-refractivity contribution in [2.24, 2.45) is 5.73 Å². The van der Waals surface area contributed by atoms with E-state index in [4.69, 9.17) is 17.3 Å². The fraction of sp³-hybridized carbons (Fsp3) is 0.533. The van der Waals surface area contributed by atoms with Gasteiger partial charge in [0.1, 0.15) is 0 Å². The highest BCUT2D eigenvalue weighted by atomic mass is 35.5. The standard InChI is InChI=1S/C15H22ClN3O/c16-12-4-6-13(7-5-12)18-15(20)11-19-10-2-1-3-14(19)8-9-17/h4-7,14H,1-3,8-11,17H2,(H,18,20). The van der Waals surface area contributed by atoms with Crippen molar-refractivity contribution in [2.75, 3.05) is 25.0 Å². The number of carbonyl (C=O) groups is 1. The molecule has 1 atom stereocenters. The van der Waals surface area contributed by atoms with E-state index >= 15 is 0 Å². The molecule has 1 aromatic carbocycles. The molecule has 1 fully saturated rings. The molecular weight excluding hydrogens is 274 g/mol. The first kappa shape index (κ1) is 15.3. The van der Waals surface area contributed by atoms with Gasteiger partial charge < -0.3 is 11.1 Å². The highest BCUT2D eigenvalue weighted by Crippen LogP contribution is 2.19. The van der Waals surface area contributed by atoms with Crippen molar-refractivity contribution in [3.8, 4) is 0 Å². The average Bonchev–Trinajstić information content (AvgIpc) is 2.44. The van der Waals surface area contributed by atoms with Gasteiger partial charge in [0, 0.05) is 16.8 Å². The Morgan fingerprint density at radius 3 is 2.80 bits per heavy atom. The maximum absolute atomic E-state index is 12.1. The van der Waals surface area contributed by atoms with Crippen molar-refractivity contribution in [3.05, 3.63) is 29.3 Å². The average molecular weight is 296 g/mol. The van der Waals surface area contributed by atoms with E-state index < -0.39 is 0 Å². The van der Waals surface area contributed by atoms with E-state index in [9.17, 15) is 4.79 Å². The van der Waals surface area contributed by atoms with Gasteiger partial charge in [0.2, 0.25) is 5.91 Å². The van der Waals surface area contributed by atoms with Crippen LogP contribution in [-0.2, 0) is 4.79 Å². The third-order valence-electron chi connectivity index (χ3n) is 3.72. The van der Waals surface area contributed by atoms with Gasteiger partial charge in [-0.1, -0.05) is 18.0 Å². The van der Waals surface area contributed by atoms with Gasteiger partial charge >= 0.3 is 0 Å². The first-order chi connectivity index (χ1) is 9.69. The summed E-state index contributed by atoms with van der Waals surface area (Å²) in [6.07, 6.45) is 4.51. The van der Waals surface area contributed by atoms with E-state index in [1.165, 1.54) is 6.42 Å². The molecule has 5 heteroatoms. The molecule has 0 radical (unpaired) electrons. The molecular formula is C15H22ClN3O. The molecule has 1 unspecified atom stereocenters. The van der Waals surface area contributed by atoms with Crippen LogP contribution in [0.2, 0.25) is 5.02 Å². The maximum Gasteiger partial charge on any atom is 0.238 e. The van der Waals surface area contributed by atoms with Gasteiger partial charge in [-0.05, 0) is 56.6 Å². The van der Waals surface area contributed by atoms with Crippen molar-refractivity contribution in [1.82, 2.24) is 4.90 Å². The molecule has 0 saturated carbocycles. The van der Waals surface area contributed by atoms with Crippen LogP contribution in [-0.4, -0.2) is 36.5 Å². The molecule has 0 aromatic heterocycles. The zero-order valence-corrected chi connectivity index (χ0v) is 12.4. The molecule has 1 amide bonds. The first-order valence-corrected chi connectivity index (χ1v) is 7.56. The lowest BCUT2D eigenvalue weighted by atomic mass is 9.99. The summed E-state index contributed by atoms with van der Waals surface area (Å²) >= 11 is 5.82. The number of anilines is 1. The molecule has 0 bridgehead atoms. The zero-order valence-electron chi connectivity index (χ0n) is 11.6. The highest BCUT2D eigenvalue weighted by Gasteiger charge is 2.23. The second kappa shape index (κ2) is 7.62. The van der Waals surface area contributed by atoms with Gasteiger partial charge in [-0.2, -0.15) is 0 Å². The monoisotopic (exact) mass is 295 g/mol. The summed E-state index contributed by atoms with van der Waals surface area (Å²) in [5.41, 5.74) is 6.43. The minimum absolute atomic E-state index is 0.0243. The molecule has 0 spiro atoms. The maximum atomic E-state index is 12.1. The van der Waals surface area contributed by atoms with Gasteiger partial charge in [0.25, 0.3) is 0 Å². The van der Waals surface area contributed by atoms with Crippen LogP contribution in [0.15, 0.2) is 24.3 Å². The second-order valence-electron chi connectivity index (χ2n) is 5.25. The Balaban J connectivity index is 1.87. The minimum Gasteiger partial charge on any atom is -0.330 e. The molecule has 1 aliphatic heterocycles.